The number of β-lactam (4-membered cyclic amide) rings is 1. The van der Waals surface area contributed by atoms with Crippen LogP contribution in [0.25, 0.3) is 0 Å². The molecule has 1 aliphatic rings. The lowest BCUT2D eigenvalue weighted by atomic mass is 10.1. The lowest BCUT2D eigenvalue weighted by Crippen LogP contribution is -2.61. The van der Waals surface area contributed by atoms with Crippen molar-refractivity contribution in [3.05, 3.63) is 29.8 Å². The number of carbonyl (C=O) groups excluding carboxylic acids is 1. The Bertz CT molecular complexity index is 392. The molecule has 1 aromatic rings. The number of aryl methyl sites for hydroxylation is 1. The lowest BCUT2D eigenvalue weighted by molar-refractivity contribution is -0.142. The topological polar surface area (TPSA) is 55.6 Å². The van der Waals surface area contributed by atoms with Gasteiger partial charge in [-0.2, -0.15) is 0 Å². The van der Waals surface area contributed by atoms with Crippen molar-refractivity contribution in [1.29, 1.82) is 0 Å². The number of nitrogens with zero attached hydrogens (tertiary/aromatic N) is 1. The summed E-state index contributed by atoms with van der Waals surface area (Å²) in [5.41, 5.74) is 6.65. The molecule has 1 fully saturated rings. The first kappa shape index (κ1) is 11.0. The molecule has 1 unspecified atom stereocenters. The van der Waals surface area contributed by atoms with E-state index >= 15 is 0 Å². The van der Waals surface area contributed by atoms with Crippen LogP contribution in [0.5, 0.6) is 5.75 Å². The van der Waals surface area contributed by atoms with E-state index in [1.54, 1.807) is 4.90 Å². The Hall–Kier alpha value is -1.55. The first-order chi connectivity index (χ1) is 7.66. The third-order valence-electron chi connectivity index (χ3n) is 2.67. The minimum absolute atomic E-state index is 0.0212. The standard InChI is InChI=1S/C12H16N2O2/c1-9-3-2-4-10(7-9)16-6-5-14-8-11(13)12(14)15/h2-4,7,11H,5-6,8,13H2,1H3. The minimum Gasteiger partial charge on any atom is -0.492 e. The number of nitrogens with two attached hydrogens (primary N) is 1. The molecule has 0 radical (unpaired) electrons. The lowest BCUT2D eigenvalue weighted by Gasteiger charge is -2.35. The zero-order valence-corrected chi connectivity index (χ0v) is 9.35. The van der Waals surface area contributed by atoms with Gasteiger partial charge in [0.2, 0.25) is 5.91 Å². The number of hydrogen-bond acceptors (Lipinski definition) is 3. The number of rotatable bonds is 4. The van der Waals surface area contributed by atoms with E-state index < -0.39 is 0 Å². The molecule has 2 N–H and O–H groups in total. The summed E-state index contributed by atoms with van der Waals surface area (Å²) in [5.74, 6) is 0.866. The monoisotopic (exact) mass is 220 g/mol. The van der Waals surface area contributed by atoms with Gasteiger partial charge in [0.1, 0.15) is 18.4 Å². The molecule has 4 heteroatoms. The van der Waals surface area contributed by atoms with Gasteiger partial charge in [0.05, 0.1) is 6.54 Å². The predicted octanol–water partition coefficient (Wildman–Crippen LogP) is 0.543. The highest BCUT2D eigenvalue weighted by Crippen LogP contribution is 2.13. The first-order valence-corrected chi connectivity index (χ1v) is 5.40. The molecule has 0 aliphatic carbocycles. The fraction of sp³-hybridized carbons (Fsp3) is 0.417. The van der Waals surface area contributed by atoms with Crippen LogP contribution in [0, 0.1) is 6.92 Å². The molecule has 1 atom stereocenters. The molecule has 2 rings (SSSR count). The van der Waals surface area contributed by atoms with Gasteiger partial charge in [-0.25, -0.2) is 0 Å². The Morgan fingerprint density at radius 3 is 3.00 bits per heavy atom. The molecule has 1 saturated heterocycles. The van der Waals surface area contributed by atoms with E-state index in [1.807, 2.05) is 31.2 Å². The van der Waals surface area contributed by atoms with Gasteiger partial charge in [-0.05, 0) is 24.6 Å². The highest BCUT2D eigenvalue weighted by molar-refractivity contribution is 5.87. The van der Waals surface area contributed by atoms with Crippen LogP contribution in [0.2, 0.25) is 0 Å². The molecule has 1 heterocycles. The summed E-state index contributed by atoms with van der Waals surface area (Å²) in [6, 6.07) is 7.57. The molecule has 0 aromatic heterocycles. The van der Waals surface area contributed by atoms with Crippen LogP contribution >= 0.6 is 0 Å². The summed E-state index contributed by atoms with van der Waals surface area (Å²) >= 11 is 0. The van der Waals surface area contributed by atoms with Gasteiger partial charge in [-0.1, -0.05) is 12.1 Å². The predicted molar refractivity (Wildman–Crippen MR) is 61.2 cm³/mol. The van der Waals surface area contributed by atoms with Crippen LogP contribution in [-0.2, 0) is 4.79 Å². The summed E-state index contributed by atoms with van der Waals surface area (Å²) < 4.78 is 5.54. The van der Waals surface area contributed by atoms with Crippen molar-refractivity contribution < 1.29 is 9.53 Å². The fourth-order valence-corrected chi connectivity index (χ4v) is 1.71. The highest BCUT2D eigenvalue weighted by atomic mass is 16.5. The largest absolute Gasteiger partial charge is 0.492 e. The van der Waals surface area contributed by atoms with E-state index in [-0.39, 0.29) is 11.9 Å². The summed E-state index contributed by atoms with van der Waals surface area (Å²) in [5, 5.41) is 0. The maximum absolute atomic E-state index is 11.2. The number of likely N-dealkylation sites (tertiary alicyclic amines) is 1. The average Bonchev–Trinajstić information content (AvgIpc) is 2.28. The van der Waals surface area contributed by atoms with E-state index in [2.05, 4.69) is 0 Å². The highest BCUT2D eigenvalue weighted by Gasteiger charge is 2.32. The van der Waals surface area contributed by atoms with Crippen LogP contribution in [0.3, 0.4) is 0 Å². The van der Waals surface area contributed by atoms with Crippen molar-refractivity contribution >= 4 is 5.91 Å². The molecular weight excluding hydrogens is 204 g/mol. The van der Waals surface area contributed by atoms with Gasteiger partial charge in [0.25, 0.3) is 0 Å². The Labute approximate surface area is 95.0 Å². The van der Waals surface area contributed by atoms with Gasteiger partial charge in [-0.3, -0.25) is 4.79 Å². The van der Waals surface area contributed by atoms with Crippen LogP contribution in [0.15, 0.2) is 24.3 Å². The van der Waals surface area contributed by atoms with Crippen molar-refractivity contribution in [2.75, 3.05) is 19.7 Å². The molecule has 1 aromatic carbocycles. The van der Waals surface area contributed by atoms with Gasteiger partial charge in [-0.15, -0.1) is 0 Å². The second-order valence-corrected chi connectivity index (χ2v) is 4.06. The Balaban J connectivity index is 1.74. The molecule has 86 valence electrons. The zero-order valence-electron chi connectivity index (χ0n) is 9.35. The smallest absolute Gasteiger partial charge is 0.241 e. The molecule has 0 spiro atoms. The Morgan fingerprint density at radius 1 is 1.56 bits per heavy atom. The quantitative estimate of drug-likeness (QED) is 0.754. The number of amides is 1. The maximum Gasteiger partial charge on any atom is 0.241 e. The molecule has 0 bridgehead atoms. The van der Waals surface area contributed by atoms with E-state index in [0.717, 1.165) is 5.75 Å². The van der Waals surface area contributed by atoms with Crippen LogP contribution in [0.4, 0.5) is 0 Å². The average molecular weight is 220 g/mol. The van der Waals surface area contributed by atoms with Crippen LogP contribution in [-0.4, -0.2) is 36.5 Å². The van der Waals surface area contributed by atoms with Crippen molar-refractivity contribution in [2.24, 2.45) is 5.73 Å². The SMILES string of the molecule is Cc1cccc(OCCN2CC(N)C2=O)c1. The van der Waals surface area contributed by atoms with E-state index in [4.69, 9.17) is 10.5 Å². The normalized spacial score (nSPS) is 19.5. The third kappa shape index (κ3) is 2.33. The number of hydrogen-bond donors (Lipinski definition) is 1. The number of carbonyl (C=O) groups is 1. The molecule has 1 aliphatic heterocycles. The molecule has 16 heavy (non-hydrogen) atoms. The zero-order chi connectivity index (χ0) is 11.5. The van der Waals surface area contributed by atoms with E-state index in [0.29, 0.717) is 19.7 Å². The minimum atomic E-state index is -0.293. The second kappa shape index (κ2) is 4.53. The van der Waals surface area contributed by atoms with Crippen molar-refractivity contribution in [2.45, 2.75) is 13.0 Å². The summed E-state index contributed by atoms with van der Waals surface area (Å²) in [6.45, 7) is 3.79. The Kier molecular flexibility index (Phi) is 3.10. The Morgan fingerprint density at radius 2 is 2.38 bits per heavy atom. The van der Waals surface area contributed by atoms with E-state index in [9.17, 15) is 4.79 Å². The molecule has 4 nitrogen and oxygen atoms in total. The van der Waals surface area contributed by atoms with Gasteiger partial charge >= 0.3 is 0 Å². The van der Waals surface area contributed by atoms with Crippen LogP contribution in [0.1, 0.15) is 5.56 Å². The number of benzene rings is 1. The van der Waals surface area contributed by atoms with Gasteiger partial charge in [0, 0.05) is 6.54 Å². The second-order valence-electron chi connectivity index (χ2n) is 4.06. The van der Waals surface area contributed by atoms with Crippen molar-refractivity contribution in [3.8, 4) is 5.75 Å². The van der Waals surface area contributed by atoms with Crippen molar-refractivity contribution in [1.82, 2.24) is 4.90 Å². The molecular formula is C12H16N2O2. The summed E-state index contributed by atoms with van der Waals surface area (Å²) in [4.78, 5) is 12.9. The van der Waals surface area contributed by atoms with Crippen molar-refractivity contribution in [3.63, 3.8) is 0 Å². The fourth-order valence-electron chi connectivity index (χ4n) is 1.71. The maximum atomic E-state index is 11.2. The third-order valence-corrected chi connectivity index (χ3v) is 2.67. The van der Waals surface area contributed by atoms with E-state index in [1.165, 1.54) is 5.56 Å². The molecule has 1 amide bonds. The first-order valence-electron chi connectivity index (χ1n) is 5.40. The number of ether oxygens (including phenoxy) is 1. The van der Waals surface area contributed by atoms with Gasteiger partial charge in [0.15, 0.2) is 0 Å². The van der Waals surface area contributed by atoms with Crippen LogP contribution < -0.4 is 10.5 Å². The van der Waals surface area contributed by atoms with Gasteiger partial charge < -0.3 is 15.4 Å². The summed E-state index contributed by atoms with van der Waals surface area (Å²) in [6.07, 6.45) is 0. The molecule has 0 saturated carbocycles. The summed E-state index contributed by atoms with van der Waals surface area (Å²) in [7, 11) is 0.